The molecule has 4 heteroatoms. The molecule has 0 aliphatic heterocycles. The van der Waals surface area contributed by atoms with Gasteiger partial charge in [-0.3, -0.25) is 4.79 Å². The zero-order valence-electron chi connectivity index (χ0n) is 7.25. The molecule has 0 bridgehead atoms. The molecule has 0 aliphatic rings. The SMILES string of the molecule is COCCCOC(=O)CCC=O. The van der Waals surface area contributed by atoms with Gasteiger partial charge in [0.25, 0.3) is 0 Å². The molecular weight excluding hydrogens is 160 g/mol. The first-order valence-electron chi connectivity index (χ1n) is 3.89. The van der Waals surface area contributed by atoms with Crippen molar-refractivity contribution < 1.29 is 19.1 Å². The molecule has 0 fully saturated rings. The fourth-order valence-electron chi connectivity index (χ4n) is 0.638. The smallest absolute Gasteiger partial charge is 0.306 e. The van der Waals surface area contributed by atoms with E-state index in [-0.39, 0.29) is 18.8 Å². The summed E-state index contributed by atoms with van der Waals surface area (Å²) in [5, 5.41) is 0. The molecule has 0 amide bonds. The predicted molar refractivity (Wildman–Crippen MR) is 42.8 cm³/mol. The van der Waals surface area contributed by atoms with Crippen LogP contribution in [0.25, 0.3) is 0 Å². The van der Waals surface area contributed by atoms with E-state index in [1.165, 1.54) is 0 Å². The Morgan fingerprint density at radius 1 is 1.42 bits per heavy atom. The summed E-state index contributed by atoms with van der Waals surface area (Å²) < 4.78 is 9.53. The second-order valence-electron chi connectivity index (χ2n) is 2.27. The average Bonchev–Trinajstić information content (AvgIpc) is 2.09. The van der Waals surface area contributed by atoms with Crippen LogP contribution in [0.3, 0.4) is 0 Å². The van der Waals surface area contributed by atoms with Crippen LogP contribution in [0.15, 0.2) is 0 Å². The first-order valence-corrected chi connectivity index (χ1v) is 3.89. The summed E-state index contributed by atoms with van der Waals surface area (Å²) in [6.45, 7) is 0.951. The van der Waals surface area contributed by atoms with Gasteiger partial charge in [0, 0.05) is 26.6 Å². The van der Waals surface area contributed by atoms with Gasteiger partial charge in [0.2, 0.25) is 0 Å². The van der Waals surface area contributed by atoms with E-state index < -0.39 is 0 Å². The Balaban J connectivity index is 3.13. The van der Waals surface area contributed by atoms with Crippen molar-refractivity contribution >= 4 is 12.3 Å². The van der Waals surface area contributed by atoms with E-state index in [2.05, 4.69) is 0 Å². The third kappa shape index (κ3) is 7.21. The van der Waals surface area contributed by atoms with Crippen molar-refractivity contribution in [2.24, 2.45) is 0 Å². The van der Waals surface area contributed by atoms with E-state index in [4.69, 9.17) is 9.47 Å². The molecule has 0 atom stereocenters. The van der Waals surface area contributed by atoms with Crippen LogP contribution in [0.4, 0.5) is 0 Å². The lowest BCUT2D eigenvalue weighted by Crippen LogP contribution is -2.07. The molecule has 12 heavy (non-hydrogen) atoms. The number of carbonyl (C=O) groups is 2. The minimum absolute atomic E-state index is 0.177. The second-order valence-corrected chi connectivity index (χ2v) is 2.27. The maximum atomic E-state index is 10.7. The van der Waals surface area contributed by atoms with Crippen molar-refractivity contribution in [3.63, 3.8) is 0 Å². The van der Waals surface area contributed by atoms with Crippen LogP contribution in [-0.2, 0) is 19.1 Å². The zero-order chi connectivity index (χ0) is 9.23. The molecule has 0 radical (unpaired) electrons. The molecule has 0 rings (SSSR count). The lowest BCUT2D eigenvalue weighted by molar-refractivity contribution is -0.144. The molecule has 70 valence electrons. The molecule has 0 N–H and O–H groups in total. The number of methoxy groups -OCH3 is 1. The summed E-state index contributed by atoms with van der Waals surface area (Å²) in [7, 11) is 1.59. The minimum atomic E-state index is -0.321. The Morgan fingerprint density at radius 2 is 2.17 bits per heavy atom. The molecule has 0 saturated heterocycles. The first kappa shape index (κ1) is 11.1. The molecule has 0 saturated carbocycles. The van der Waals surface area contributed by atoms with Crippen molar-refractivity contribution in [1.82, 2.24) is 0 Å². The highest BCUT2D eigenvalue weighted by Crippen LogP contribution is 1.91. The quantitative estimate of drug-likeness (QED) is 0.321. The highest BCUT2D eigenvalue weighted by molar-refractivity contribution is 5.72. The average molecular weight is 174 g/mol. The second kappa shape index (κ2) is 8.20. The van der Waals surface area contributed by atoms with Crippen LogP contribution in [-0.4, -0.2) is 32.6 Å². The molecule has 0 aromatic carbocycles. The maximum absolute atomic E-state index is 10.7. The van der Waals surface area contributed by atoms with Gasteiger partial charge in [-0.25, -0.2) is 0 Å². The summed E-state index contributed by atoms with van der Waals surface area (Å²) in [6.07, 6.45) is 1.82. The number of ether oxygens (including phenoxy) is 2. The number of hydrogen-bond donors (Lipinski definition) is 0. The summed E-state index contributed by atoms with van der Waals surface area (Å²) in [6, 6.07) is 0. The van der Waals surface area contributed by atoms with Crippen LogP contribution in [0.2, 0.25) is 0 Å². The molecule has 0 spiro atoms. The maximum Gasteiger partial charge on any atom is 0.306 e. The normalized spacial score (nSPS) is 9.42. The minimum Gasteiger partial charge on any atom is -0.466 e. The Hall–Kier alpha value is -0.900. The number of esters is 1. The van der Waals surface area contributed by atoms with Crippen molar-refractivity contribution in [3.05, 3.63) is 0 Å². The third-order valence-corrected chi connectivity index (χ3v) is 1.22. The molecular formula is C8H14O4. The Bertz CT molecular complexity index is 133. The fraction of sp³-hybridized carbons (Fsp3) is 0.750. The Labute approximate surface area is 71.8 Å². The highest BCUT2D eigenvalue weighted by atomic mass is 16.5. The van der Waals surface area contributed by atoms with E-state index in [1.807, 2.05) is 0 Å². The van der Waals surface area contributed by atoms with Gasteiger partial charge in [-0.1, -0.05) is 0 Å². The molecule has 0 aromatic rings. The largest absolute Gasteiger partial charge is 0.466 e. The first-order chi connectivity index (χ1) is 5.81. The lowest BCUT2D eigenvalue weighted by atomic mass is 10.3. The van der Waals surface area contributed by atoms with E-state index in [0.717, 1.165) is 0 Å². The molecule has 0 aromatic heterocycles. The van der Waals surface area contributed by atoms with Gasteiger partial charge in [0.15, 0.2) is 0 Å². The number of carbonyl (C=O) groups excluding carboxylic acids is 2. The van der Waals surface area contributed by atoms with Gasteiger partial charge in [0.1, 0.15) is 6.29 Å². The fourth-order valence-corrected chi connectivity index (χ4v) is 0.638. The van der Waals surface area contributed by atoms with Gasteiger partial charge in [-0.2, -0.15) is 0 Å². The van der Waals surface area contributed by atoms with Crippen molar-refractivity contribution in [1.29, 1.82) is 0 Å². The number of rotatable bonds is 7. The zero-order valence-corrected chi connectivity index (χ0v) is 7.25. The standard InChI is InChI=1S/C8H14O4/c1-11-6-3-7-12-8(10)4-2-5-9/h5H,2-4,6-7H2,1H3. The predicted octanol–water partition coefficient (Wildman–Crippen LogP) is 0.545. The van der Waals surface area contributed by atoms with Crippen LogP contribution < -0.4 is 0 Å². The van der Waals surface area contributed by atoms with Gasteiger partial charge in [-0.05, 0) is 0 Å². The Kier molecular flexibility index (Phi) is 7.58. The van der Waals surface area contributed by atoms with E-state index >= 15 is 0 Å². The van der Waals surface area contributed by atoms with E-state index in [1.54, 1.807) is 7.11 Å². The van der Waals surface area contributed by atoms with Crippen LogP contribution in [0.1, 0.15) is 19.3 Å². The summed E-state index contributed by atoms with van der Waals surface area (Å²) in [4.78, 5) is 20.6. The van der Waals surface area contributed by atoms with Gasteiger partial charge >= 0.3 is 5.97 Å². The van der Waals surface area contributed by atoms with E-state index in [0.29, 0.717) is 25.9 Å². The number of hydrogen-bond acceptors (Lipinski definition) is 4. The highest BCUT2D eigenvalue weighted by Gasteiger charge is 2.00. The van der Waals surface area contributed by atoms with Gasteiger partial charge in [-0.15, -0.1) is 0 Å². The van der Waals surface area contributed by atoms with Crippen molar-refractivity contribution in [3.8, 4) is 0 Å². The molecule has 4 nitrogen and oxygen atoms in total. The summed E-state index contributed by atoms with van der Waals surface area (Å²) in [5.41, 5.74) is 0. The summed E-state index contributed by atoms with van der Waals surface area (Å²) in [5.74, 6) is -0.321. The van der Waals surface area contributed by atoms with Crippen LogP contribution in [0.5, 0.6) is 0 Å². The molecule has 0 heterocycles. The monoisotopic (exact) mass is 174 g/mol. The van der Waals surface area contributed by atoms with Crippen LogP contribution >= 0.6 is 0 Å². The van der Waals surface area contributed by atoms with Gasteiger partial charge < -0.3 is 14.3 Å². The van der Waals surface area contributed by atoms with E-state index in [9.17, 15) is 9.59 Å². The number of aldehydes is 1. The lowest BCUT2D eigenvalue weighted by Gasteiger charge is -2.01. The van der Waals surface area contributed by atoms with Gasteiger partial charge in [0.05, 0.1) is 13.0 Å². The summed E-state index contributed by atoms with van der Waals surface area (Å²) >= 11 is 0. The third-order valence-electron chi connectivity index (χ3n) is 1.22. The van der Waals surface area contributed by atoms with Crippen molar-refractivity contribution in [2.75, 3.05) is 20.3 Å². The molecule has 0 unspecified atom stereocenters. The Morgan fingerprint density at radius 3 is 2.75 bits per heavy atom. The van der Waals surface area contributed by atoms with Crippen LogP contribution in [0, 0.1) is 0 Å². The molecule has 0 aliphatic carbocycles. The van der Waals surface area contributed by atoms with Crippen molar-refractivity contribution in [2.45, 2.75) is 19.3 Å². The topological polar surface area (TPSA) is 52.6 Å².